The van der Waals surface area contributed by atoms with E-state index in [2.05, 4.69) is 0 Å². The minimum Gasteiger partial charge on any atom is -0.464 e. The number of fused-ring (bicyclic) bond motifs is 1. The average molecular weight is 269 g/mol. The lowest BCUT2D eigenvalue weighted by Gasteiger charge is -2.04. The molecule has 0 saturated heterocycles. The molecule has 0 bridgehead atoms. The van der Waals surface area contributed by atoms with E-state index in [0.717, 1.165) is 5.56 Å². The lowest BCUT2D eigenvalue weighted by Crippen LogP contribution is -2.09. The smallest absolute Gasteiger partial charge is 0.196 e. The summed E-state index contributed by atoms with van der Waals surface area (Å²) in [4.78, 5) is 12.4. The molecule has 0 atom stereocenters. The normalized spacial score (nSPS) is 10.8. The number of hydrogen-bond donors (Lipinski definition) is 1. The monoisotopic (exact) mass is 269 g/mol. The van der Waals surface area contributed by atoms with Crippen molar-refractivity contribution in [1.29, 1.82) is 0 Å². The van der Waals surface area contributed by atoms with Crippen LogP contribution in [0.3, 0.4) is 0 Å². The SMILES string of the molecule is Nc1ccc2occ(Cc3cccc(F)c3)c(=O)c2c1. The summed E-state index contributed by atoms with van der Waals surface area (Å²) < 4.78 is 18.6. The largest absolute Gasteiger partial charge is 0.464 e. The van der Waals surface area contributed by atoms with Crippen molar-refractivity contribution in [2.24, 2.45) is 0 Å². The van der Waals surface area contributed by atoms with Crippen molar-refractivity contribution >= 4 is 16.7 Å². The quantitative estimate of drug-likeness (QED) is 0.727. The molecule has 2 N–H and O–H groups in total. The highest BCUT2D eigenvalue weighted by atomic mass is 19.1. The Morgan fingerprint density at radius 1 is 1.15 bits per heavy atom. The zero-order chi connectivity index (χ0) is 14.1. The number of benzene rings is 2. The summed E-state index contributed by atoms with van der Waals surface area (Å²) >= 11 is 0. The molecule has 0 unspecified atom stereocenters. The Morgan fingerprint density at radius 3 is 2.80 bits per heavy atom. The van der Waals surface area contributed by atoms with Crippen LogP contribution in [0.15, 0.2) is 57.9 Å². The molecular weight excluding hydrogens is 257 g/mol. The minimum absolute atomic E-state index is 0.136. The van der Waals surface area contributed by atoms with E-state index in [1.54, 1.807) is 30.3 Å². The van der Waals surface area contributed by atoms with E-state index in [4.69, 9.17) is 10.2 Å². The van der Waals surface area contributed by atoms with E-state index < -0.39 is 0 Å². The van der Waals surface area contributed by atoms with E-state index in [1.807, 2.05) is 0 Å². The standard InChI is InChI=1S/C16H12FNO2/c17-12-3-1-2-10(7-12)6-11-9-20-15-5-4-13(18)8-14(15)16(11)19/h1-5,7-9H,6,18H2. The van der Waals surface area contributed by atoms with Gasteiger partial charge in [0.05, 0.1) is 11.6 Å². The molecule has 4 heteroatoms. The van der Waals surface area contributed by atoms with Crippen LogP contribution in [-0.4, -0.2) is 0 Å². The molecule has 0 aliphatic heterocycles. The Balaban J connectivity index is 2.08. The fraction of sp³-hybridized carbons (Fsp3) is 0.0625. The van der Waals surface area contributed by atoms with Gasteiger partial charge in [-0.15, -0.1) is 0 Å². The number of rotatable bonds is 2. The van der Waals surface area contributed by atoms with Crippen molar-refractivity contribution in [3.05, 3.63) is 75.9 Å². The van der Waals surface area contributed by atoms with Gasteiger partial charge in [-0.25, -0.2) is 4.39 Å². The summed E-state index contributed by atoms with van der Waals surface area (Å²) in [6, 6.07) is 11.1. The van der Waals surface area contributed by atoms with Crippen molar-refractivity contribution in [3.63, 3.8) is 0 Å². The van der Waals surface area contributed by atoms with Gasteiger partial charge in [-0.3, -0.25) is 4.79 Å². The van der Waals surface area contributed by atoms with Gasteiger partial charge in [0, 0.05) is 17.7 Å². The van der Waals surface area contributed by atoms with Gasteiger partial charge >= 0.3 is 0 Å². The first-order valence-corrected chi connectivity index (χ1v) is 6.18. The molecule has 0 aliphatic carbocycles. The molecule has 3 rings (SSSR count). The van der Waals surface area contributed by atoms with Crippen molar-refractivity contribution in [1.82, 2.24) is 0 Å². The molecule has 20 heavy (non-hydrogen) atoms. The van der Waals surface area contributed by atoms with Crippen LogP contribution in [0.5, 0.6) is 0 Å². The molecule has 0 radical (unpaired) electrons. The average Bonchev–Trinajstić information content (AvgIpc) is 2.43. The molecule has 0 fully saturated rings. The molecule has 3 aromatic rings. The van der Waals surface area contributed by atoms with E-state index in [1.165, 1.54) is 18.4 Å². The first-order chi connectivity index (χ1) is 9.63. The van der Waals surface area contributed by atoms with Crippen LogP contribution in [0.4, 0.5) is 10.1 Å². The van der Waals surface area contributed by atoms with E-state index in [9.17, 15) is 9.18 Å². The first kappa shape index (κ1) is 12.4. The van der Waals surface area contributed by atoms with Crippen LogP contribution in [0, 0.1) is 5.82 Å². The summed E-state index contributed by atoms with van der Waals surface area (Å²) in [6.45, 7) is 0. The summed E-state index contributed by atoms with van der Waals surface area (Å²) in [6.07, 6.45) is 1.75. The maximum Gasteiger partial charge on any atom is 0.196 e. The number of nitrogen functional groups attached to an aromatic ring is 1. The molecule has 0 saturated carbocycles. The van der Waals surface area contributed by atoms with Gasteiger partial charge in [0.1, 0.15) is 11.4 Å². The van der Waals surface area contributed by atoms with Crippen molar-refractivity contribution in [3.8, 4) is 0 Å². The number of hydrogen-bond acceptors (Lipinski definition) is 3. The highest BCUT2D eigenvalue weighted by Gasteiger charge is 2.08. The fourth-order valence-corrected chi connectivity index (χ4v) is 2.18. The highest BCUT2D eigenvalue weighted by molar-refractivity contribution is 5.80. The van der Waals surface area contributed by atoms with Crippen LogP contribution >= 0.6 is 0 Å². The molecular formula is C16H12FNO2. The summed E-state index contributed by atoms with van der Waals surface area (Å²) in [5.41, 5.74) is 7.75. The van der Waals surface area contributed by atoms with Gasteiger partial charge in [-0.05, 0) is 35.9 Å². The molecule has 1 heterocycles. The maximum absolute atomic E-state index is 13.2. The Bertz CT molecular complexity index is 839. The van der Waals surface area contributed by atoms with E-state index >= 15 is 0 Å². The second-order valence-corrected chi connectivity index (χ2v) is 4.65. The molecule has 3 nitrogen and oxygen atoms in total. The van der Waals surface area contributed by atoms with E-state index in [0.29, 0.717) is 28.6 Å². The topological polar surface area (TPSA) is 56.2 Å². The zero-order valence-electron chi connectivity index (χ0n) is 10.6. The molecule has 0 amide bonds. The predicted octanol–water partition coefficient (Wildman–Crippen LogP) is 3.11. The Morgan fingerprint density at radius 2 is 2.00 bits per heavy atom. The molecule has 2 aromatic carbocycles. The summed E-state index contributed by atoms with van der Waals surface area (Å²) in [7, 11) is 0. The minimum atomic E-state index is -0.322. The van der Waals surface area contributed by atoms with Gasteiger partial charge in [0.2, 0.25) is 0 Å². The first-order valence-electron chi connectivity index (χ1n) is 6.18. The molecule has 1 aromatic heterocycles. The highest BCUT2D eigenvalue weighted by Crippen LogP contribution is 2.16. The van der Waals surface area contributed by atoms with Crippen molar-refractivity contribution in [2.75, 3.05) is 5.73 Å². The van der Waals surface area contributed by atoms with Gasteiger partial charge in [0.15, 0.2) is 5.43 Å². The number of nitrogens with two attached hydrogens (primary N) is 1. The van der Waals surface area contributed by atoms with Gasteiger partial charge in [-0.2, -0.15) is 0 Å². The molecule has 0 spiro atoms. The van der Waals surface area contributed by atoms with Crippen LogP contribution in [0.25, 0.3) is 11.0 Å². The van der Waals surface area contributed by atoms with Crippen LogP contribution in [-0.2, 0) is 6.42 Å². The van der Waals surface area contributed by atoms with Crippen molar-refractivity contribution in [2.45, 2.75) is 6.42 Å². The molecule has 100 valence electrons. The Labute approximate surface area is 114 Å². The zero-order valence-corrected chi connectivity index (χ0v) is 10.6. The Hall–Kier alpha value is -2.62. The van der Waals surface area contributed by atoms with Gasteiger partial charge in [-0.1, -0.05) is 12.1 Å². The van der Waals surface area contributed by atoms with Crippen LogP contribution < -0.4 is 11.2 Å². The summed E-state index contributed by atoms with van der Waals surface area (Å²) in [5.74, 6) is -0.322. The summed E-state index contributed by atoms with van der Waals surface area (Å²) in [5, 5.41) is 0.443. The third-order valence-electron chi connectivity index (χ3n) is 3.15. The number of anilines is 1. The lowest BCUT2D eigenvalue weighted by molar-refractivity contribution is 0.594. The lowest BCUT2D eigenvalue weighted by atomic mass is 10.0. The third kappa shape index (κ3) is 2.28. The van der Waals surface area contributed by atoms with E-state index in [-0.39, 0.29) is 11.2 Å². The fourth-order valence-electron chi connectivity index (χ4n) is 2.18. The van der Waals surface area contributed by atoms with Crippen LogP contribution in [0.2, 0.25) is 0 Å². The van der Waals surface area contributed by atoms with Crippen molar-refractivity contribution < 1.29 is 8.81 Å². The third-order valence-corrected chi connectivity index (χ3v) is 3.15. The predicted molar refractivity (Wildman–Crippen MR) is 76.1 cm³/mol. The molecule has 0 aliphatic rings. The Kier molecular flexibility index (Phi) is 2.99. The maximum atomic E-state index is 13.2. The van der Waals surface area contributed by atoms with Gasteiger partial charge in [0.25, 0.3) is 0 Å². The number of halogens is 1. The van der Waals surface area contributed by atoms with Gasteiger partial charge < -0.3 is 10.2 Å². The second kappa shape index (κ2) is 4.81. The second-order valence-electron chi connectivity index (χ2n) is 4.65. The van der Waals surface area contributed by atoms with Crippen LogP contribution in [0.1, 0.15) is 11.1 Å².